The second-order valence-corrected chi connectivity index (χ2v) is 5.63. The molecule has 0 bridgehead atoms. The van der Waals surface area contributed by atoms with Crippen LogP contribution in [0.1, 0.15) is 31.8 Å². The molecule has 3 rings (SSSR count). The molecule has 1 aliphatic rings. The SMILES string of the molecule is NOS(=O)c1cc(O)c2c(c1O)C(=O)c1ccccc1C2=O. The molecule has 2 aromatic carbocycles. The molecule has 0 aliphatic heterocycles. The van der Waals surface area contributed by atoms with Crippen LogP contribution in [0.5, 0.6) is 11.5 Å². The average molecular weight is 319 g/mol. The summed E-state index contributed by atoms with van der Waals surface area (Å²) < 4.78 is 15.7. The topological polar surface area (TPSA) is 127 Å². The van der Waals surface area contributed by atoms with Crippen LogP contribution >= 0.6 is 0 Å². The predicted molar refractivity (Wildman–Crippen MR) is 74.8 cm³/mol. The minimum absolute atomic E-state index is 0.0892. The second-order valence-electron chi connectivity index (χ2n) is 4.53. The van der Waals surface area contributed by atoms with Crippen LogP contribution < -0.4 is 5.90 Å². The molecule has 1 atom stereocenters. The number of aromatic hydroxyl groups is 2. The van der Waals surface area contributed by atoms with E-state index in [0.717, 1.165) is 6.07 Å². The molecule has 7 nitrogen and oxygen atoms in total. The summed E-state index contributed by atoms with van der Waals surface area (Å²) in [5.74, 6) is 2.24. The molecule has 0 spiro atoms. The summed E-state index contributed by atoms with van der Waals surface area (Å²) >= 11 is -2.29. The van der Waals surface area contributed by atoms with Gasteiger partial charge in [-0.1, -0.05) is 24.3 Å². The van der Waals surface area contributed by atoms with Crippen molar-refractivity contribution in [1.82, 2.24) is 0 Å². The number of carbonyl (C=O) groups is 2. The molecule has 0 saturated heterocycles. The number of fused-ring (bicyclic) bond motifs is 2. The normalized spacial score (nSPS) is 14.4. The Bertz CT molecular complexity index is 861. The zero-order valence-electron chi connectivity index (χ0n) is 10.9. The summed E-state index contributed by atoms with van der Waals surface area (Å²) in [6, 6.07) is 6.91. The zero-order chi connectivity index (χ0) is 16.0. The van der Waals surface area contributed by atoms with Gasteiger partial charge in [-0.2, -0.15) is 10.2 Å². The number of benzene rings is 2. The van der Waals surface area contributed by atoms with E-state index in [1.807, 2.05) is 0 Å². The Labute approximate surface area is 126 Å². The van der Waals surface area contributed by atoms with Gasteiger partial charge in [-0.3, -0.25) is 9.59 Å². The van der Waals surface area contributed by atoms with Crippen molar-refractivity contribution in [3.05, 3.63) is 52.6 Å². The average Bonchev–Trinajstić information content (AvgIpc) is 2.53. The van der Waals surface area contributed by atoms with Crippen molar-refractivity contribution < 1.29 is 28.3 Å². The first-order valence-corrected chi connectivity index (χ1v) is 7.11. The molecular weight excluding hydrogens is 310 g/mol. The van der Waals surface area contributed by atoms with E-state index >= 15 is 0 Å². The number of ketones is 2. The molecular formula is C14H9NO6S. The van der Waals surface area contributed by atoms with Crippen molar-refractivity contribution in [3.63, 3.8) is 0 Å². The van der Waals surface area contributed by atoms with E-state index in [9.17, 15) is 24.0 Å². The monoisotopic (exact) mass is 319 g/mol. The highest BCUT2D eigenvalue weighted by Crippen LogP contribution is 2.41. The van der Waals surface area contributed by atoms with Crippen molar-refractivity contribution in [2.75, 3.05) is 0 Å². The van der Waals surface area contributed by atoms with E-state index in [1.165, 1.54) is 12.1 Å². The number of phenolic OH excluding ortho intramolecular Hbond substituents is 2. The van der Waals surface area contributed by atoms with Crippen molar-refractivity contribution >= 4 is 22.6 Å². The van der Waals surface area contributed by atoms with Crippen molar-refractivity contribution in [3.8, 4) is 11.5 Å². The van der Waals surface area contributed by atoms with Gasteiger partial charge >= 0.3 is 0 Å². The van der Waals surface area contributed by atoms with Crippen LogP contribution in [0.15, 0.2) is 35.2 Å². The van der Waals surface area contributed by atoms with Gasteiger partial charge in [0, 0.05) is 17.2 Å². The number of hydrogen-bond acceptors (Lipinski definition) is 7. The highest BCUT2D eigenvalue weighted by atomic mass is 32.2. The first-order valence-electron chi connectivity index (χ1n) is 6.03. The fourth-order valence-corrected chi connectivity index (χ4v) is 2.98. The largest absolute Gasteiger partial charge is 0.507 e. The standard InChI is InChI=1S/C14H9NO6S/c15-21-22(20)9-5-8(16)10-11(14(9)19)13(18)7-4-2-1-3-6(7)12(10)17/h1-5,16,19H,15H2. The third kappa shape index (κ3) is 1.86. The van der Waals surface area contributed by atoms with Crippen LogP contribution in [0.25, 0.3) is 0 Å². The van der Waals surface area contributed by atoms with E-state index in [2.05, 4.69) is 4.28 Å². The summed E-state index contributed by atoms with van der Waals surface area (Å²) in [5.41, 5.74) is -0.534. The van der Waals surface area contributed by atoms with Crippen LogP contribution in [0.3, 0.4) is 0 Å². The number of phenols is 2. The van der Waals surface area contributed by atoms with Gasteiger partial charge in [0.1, 0.15) is 16.4 Å². The summed E-state index contributed by atoms with van der Waals surface area (Å²) in [5, 5.41) is 20.2. The van der Waals surface area contributed by atoms with E-state index in [1.54, 1.807) is 12.1 Å². The molecule has 0 saturated carbocycles. The zero-order valence-corrected chi connectivity index (χ0v) is 11.7. The van der Waals surface area contributed by atoms with Gasteiger partial charge in [0.2, 0.25) is 11.1 Å². The van der Waals surface area contributed by atoms with E-state index < -0.39 is 39.7 Å². The first kappa shape index (κ1) is 14.4. The van der Waals surface area contributed by atoms with Crippen LogP contribution in [0.2, 0.25) is 0 Å². The lowest BCUT2D eigenvalue weighted by Gasteiger charge is -2.20. The fourth-order valence-electron chi connectivity index (χ4n) is 2.41. The molecule has 0 radical (unpaired) electrons. The molecule has 112 valence electrons. The Morgan fingerprint density at radius 1 is 1.00 bits per heavy atom. The first-order chi connectivity index (χ1) is 10.5. The summed E-state index contributed by atoms with van der Waals surface area (Å²) in [7, 11) is 0. The second kappa shape index (κ2) is 5.02. The lowest BCUT2D eigenvalue weighted by Crippen LogP contribution is -2.22. The van der Waals surface area contributed by atoms with E-state index in [0.29, 0.717) is 0 Å². The molecule has 0 aromatic heterocycles. The third-order valence-corrected chi connectivity index (χ3v) is 4.23. The van der Waals surface area contributed by atoms with Crippen LogP contribution in [0, 0.1) is 0 Å². The maximum absolute atomic E-state index is 12.5. The third-order valence-electron chi connectivity index (χ3n) is 3.38. The molecule has 8 heteroatoms. The minimum Gasteiger partial charge on any atom is -0.507 e. The Morgan fingerprint density at radius 2 is 1.55 bits per heavy atom. The molecule has 0 amide bonds. The van der Waals surface area contributed by atoms with Gasteiger partial charge in [0.25, 0.3) is 0 Å². The van der Waals surface area contributed by atoms with Gasteiger partial charge in [0.15, 0.2) is 11.6 Å². The van der Waals surface area contributed by atoms with Gasteiger partial charge in [-0.05, 0) is 0 Å². The molecule has 22 heavy (non-hydrogen) atoms. The predicted octanol–water partition coefficient (Wildman–Crippen LogP) is 0.786. The Kier molecular flexibility index (Phi) is 3.28. The van der Waals surface area contributed by atoms with Gasteiger partial charge < -0.3 is 10.2 Å². The van der Waals surface area contributed by atoms with Crippen molar-refractivity contribution in [2.24, 2.45) is 5.90 Å². The Morgan fingerprint density at radius 3 is 2.09 bits per heavy atom. The molecule has 1 unspecified atom stereocenters. The van der Waals surface area contributed by atoms with Gasteiger partial charge in [-0.15, -0.1) is 0 Å². The van der Waals surface area contributed by atoms with Crippen LogP contribution in [0.4, 0.5) is 0 Å². The number of hydrogen-bond donors (Lipinski definition) is 3. The summed E-state index contributed by atoms with van der Waals surface area (Å²) in [6.45, 7) is 0. The number of rotatable bonds is 2. The van der Waals surface area contributed by atoms with Crippen LogP contribution in [-0.2, 0) is 15.4 Å². The highest BCUT2D eigenvalue weighted by molar-refractivity contribution is 7.80. The Balaban J connectivity index is 2.36. The molecule has 0 heterocycles. The maximum atomic E-state index is 12.5. The minimum atomic E-state index is -2.29. The van der Waals surface area contributed by atoms with Crippen molar-refractivity contribution in [2.45, 2.75) is 4.90 Å². The van der Waals surface area contributed by atoms with Gasteiger partial charge in [0.05, 0.1) is 11.1 Å². The molecule has 4 N–H and O–H groups in total. The Hall–Kier alpha value is -2.55. The maximum Gasteiger partial charge on any atom is 0.210 e. The number of carbonyl (C=O) groups excluding carboxylic acids is 2. The number of nitrogens with two attached hydrogens (primary N) is 1. The van der Waals surface area contributed by atoms with E-state index in [4.69, 9.17) is 5.90 Å². The van der Waals surface area contributed by atoms with Crippen LogP contribution in [-0.4, -0.2) is 26.0 Å². The summed E-state index contributed by atoms with van der Waals surface area (Å²) in [4.78, 5) is 24.5. The van der Waals surface area contributed by atoms with E-state index in [-0.39, 0.29) is 21.6 Å². The molecule has 1 aliphatic carbocycles. The quantitative estimate of drug-likeness (QED) is 0.470. The molecule has 2 aromatic rings. The lowest BCUT2D eigenvalue weighted by atomic mass is 9.83. The summed E-state index contributed by atoms with van der Waals surface area (Å²) in [6.07, 6.45) is 0. The van der Waals surface area contributed by atoms with Gasteiger partial charge in [-0.25, -0.2) is 4.21 Å². The fraction of sp³-hybridized carbons (Fsp3) is 0. The smallest absolute Gasteiger partial charge is 0.210 e. The molecule has 0 fully saturated rings. The van der Waals surface area contributed by atoms with Crippen molar-refractivity contribution in [1.29, 1.82) is 0 Å². The highest BCUT2D eigenvalue weighted by Gasteiger charge is 2.36. The lowest BCUT2D eigenvalue weighted by molar-refractivity contribution is 0.0973.